The molecule has 2 N–H and O–H groups in total. The number of fused-ring (bicyclic) bond motifs is 1. The molecule has 1 aromatic rings. The first-order valence-corrected chi connectivity index (χ1v) is 5.53. The van der Waals surface area contributed by atoms with Crippen LogP contribution in [0.3, 0.4) is 0 Å². The van der Waals surface area contributed by atoms with E-state index in [-0.39, 0.29) is 10.8 Å². The summed E-state index contributed by atoms with van der Waals surface area (Å²) in [7, 11) is 0. The fourth-order valence-corrected chi connectivity index (χ4v) is 2.13. The van der Waals surface area contributed by atoms with E-state index in [1.165, 1.54) is 0 Å². The predicted octanol–water partition coefficient (Wildman–Crippen LogP) is 1.80. The van der Waals surface area contributed by atoms with E-state index in [0.29, 0.717) is 43.1 Å². The standard InChI is InChI=1S/C11H11ClO4/c12-8-9(13)6(11(14)1-2-11)5-7-10(8)16-4-3-15-7/h5,13-14H,1-4H2. The van der Waals surface area contributed by atoms with E-state index < -0.39 is 5.60 Å². The highest BCUT2D eigenvalue weighted by atomic mass is 35.5. The summed E-state index contributed by atoms with van der Waals surface area (Å²) in [5.41, 5.74) is -0.509. The fourth-order valence-electron chi connectivity index (χ4n) is 1.88. The Morgan fingerprint density at radius 1 is 1.25 bits per heavy atom. The maximum absolute atomic E-state index is 9.99. The van der Waals surface area contributed by atoms with Gasteiger partial charge in [-0.3, -0.25) is 0 Å². The Morgan fingerprint density at radius 3 is 2.62 bits per heavy atom. The fraction of sp³-hybridized carbons (Fsp3) is 0.455. The van der Waals surface area contributed by atoms with Crippen molar-refractivity contribution in [3.05, 3.63) is 16.7 Å². The van der Waals surface area contributed by atoms with Crippen molar-refractivity contribution in [1.29, 1.82) is 0 Å². The van der Waals surface area contributed by atoms with Crippen molar-refractivity contribution in [3.8, 4) is 17.2 Å². The van der Waals surface area contributed by atoms with Crippen LogP contribution in [0.2, 0.25) is 5.02 Å². The van der Waals surface area contributed by atoms with E-state index in [2.05, 4.69) is 0 Å². The molecule has 86 valence electrons. The van der Waals surface area contributed by atoms with E-state index in [1.54, 1.807) is 6.07 Å². The third-order valence-corrected chi connectivity index (χ3v) is 3.32. The highest BCUT2D eigenvalue weighted by molar-refractivity contribution is 6.34. The third-order valence-electron chi connectivity index (χ3n) is 2.97. The Balaban J connectivity index is 2.17. The molecule has 1 saturated carbocycles. The normalized spacial score (nSPS) is 20.6. The SMILES string of the molecule is Oc1c(C2(O)CC2)cc2c(c1Cl)OCCO2. The van der Waals surface area contributed by atoms with Gasteiger partial charge in [-0.25, -0.2) is 0 Å². The number of phenols is 1. The molecule has 4 nitrogen and oxygen atoms in total. The molecule has 1 heterocycles. The van der Waals surface area contributed by atoms with Gasteiger partial charge in [-0.15, -0.1) is 0 Å². The molecule has 0 atom stereocenters. The second-order valence-electron chi connectivity index (χ2n) is 4.14. The van der Waals surface area contributed by atoms with Crippen LogP contribution >= 0.6 is 11.6 Å². The van der Waals surface area contributed by atoms with Gasteiger partial charge in [0.15, 0.2) is 11.5 Å². The Kier molecular flexibility index (Phi) is 2.00. The Bertz CT molecular complexity index is 454. The minimum atomic E-state index is -0.941. The monoisotopic (exact) mass is 242 g/mol. The molecule has 1 fully saturated rings. The van der Waals surface area contributed by atoms with Gasteiger partial charge in [-0.2, -0.15) is 0 Å². The summed E-state index contributed by atoms with van der Waals surface area (Å²) in [5, 5.41) is 20.0. The lowest BCUT2D eigenvalue weighted by molar-refractivity contribution is 0.143. The predicted molar refractivity (Wildman–Crippen MR) is 57.2 cm³/mol. The molecule has 1 aromatic carbocycles. The first kappa shape index (κ1) is 10.1. The van der Waals surface area contributed by atoms with Crippen molar-refractivity contribution >= 4 is 11.6 Å². The first-order valence-electron chi connectivity index (χ1n) is 5.16. The number of benzene rings is 1. The number of halogens is 1. The summed E-state index contributed by atoms with van der Waals surface area (Å²) >= 11 is 5.98. The summed E-state index contributed by atoms with van der Waals surface area (Å²) in [6.45, 7) is 0.863. The lowest BCUT2D eigenvalue weighted by Crippen LogP contribution is -2.17. The van der Waals surface area contributed by atoms with E-state index in [4.69, 9.17) is 21.1 Å². The van der Waals surface area contributed by atoms with Crippen LogP contribution in [0.15, 0.2) is 6.07 Å². The molecule has 1 aliphatic heterocycles. The van der Waals surface area contributed by atoms with Gasteiger partial charge in [0.2, 0.25) is 0 Å². The molecule has 0 saturated heterocycles. The number of hydrogen-bond donors (Lipinski definition) is 2. The van der Waals surface area contributed by atoms with E-state index >= 15 is 0 Å². The van der Waals surface area contributed by atoms with Crippen LogP contribution in [0.25, 0.3) is 0 Å². The van der Waals surface area contributed by atoms with Crippen LogP contribution < -0.4 is 9.47 Å². The van der Waals surface area contributed by atoms with Gasteiger partial charge in [0.25, 0.3) is 0 Å². The van der Waals surface area contributed by atoms with Crippen molar-refractivity contribution in [3.63, 3.8) is 0 Å². The molecular weight excluding hydrogens is 232 g/mol. The van der Waals surface area contributed by atoms with Crippen molar-refractivity contribution in [2.45, 2.75) is 18.4 Å². The summed E-state index contributed by atoms with van der Waals surface area (Å²) < 4.78 is 10.7. The average Bonchev–Trinajstić information content (AvgIpc) is 3.03. The van der Waals surface area contributed by atoms with Crippen LogP contribution in [0.4, 0.5) is 0 Å². The lowest BCUT2D eigenvalue weighted by atomic mass is 10.1. The smallest absolute Gasteiger partial charge is 0.183 e. The van der Waals surface area contributed by atoms with E-state index in [0.717, 1.165) is 0 Å². The van der Waals surface area contributed by atoms with Crippen LogP contribution in [-0.2, 0) is 5.60 Å². The zero-order chi connectivity index (χ0) is 11.3. The van der Waals surface area contributed by atoms with Crippen LogP contribution in [0.5, 0.6) is 17.2 Å². The quantitative estimate of drug-likeness (QED) is 0.788. The largest absolute Gasteiger partial charge is 0.506 e. The van der Waals surface area contributed by atoms with Gasteiger partial charge in [0, 0.05) is 5.56 Å². The molecule has 0 amide bonds. The molecule has 1 aliphatic carbocycles. The number of aliphatic hydroxyl groups is 1. The summed E-state index contributed by atoms with van der Waals surface area (Å²) in [6.07, 6.45) is 1.27. The molecular formula is C11H11ClO4. The van der Waals surface area contributed by atoms with Crippen molar-refractivity contribution in [2.24, 2.45) is 0 Å². The zero-order valence-electron chi connectivity index (χ0n) is 8.49. The summed E-state index contributed by atoms with van der Waals surface area (Å²) in [5.74, 6) is 0.744. The molecule has 3 rings (SSSR count). The minimum Gasteiger partial charge on any atom is -0.506 e. The molecule has 0 radical (unpaired) electrons. The number of rotatable bonds is 1. The second-order valence-corrected chi connectivity index (χ2v) is 4.52. The summed E-state index contributed by atoms with van der Waals surface area (Å²) in [4.78, 5) is 0. The number of hydrogen-bond acceptors (Lipinski definition) is 4. The van der Waals surface area contributed by atoms with Crippen LogP contribution in [-0.4, -0.2) is 23.4 Å². The maximum Gasteiger partial charge on any atom is 0.183 e. The van der Waals surface area contributed by atoms with E-state index in [9.17, 15) is 10.2 Å². The average molecular weight is 243 g/mol. The third kappa shape index (κ3) is 1.33. The van der Waals surface area contributed by atoms with E-state index in [1.807, 2.05) is 0 Å². The second kappa shape index (κ2) is 3.18. The van der Waals surface area contributed by atoms with Gasteiger partial charge >= 0.3 is 0 Å². The lowest BCUT2D eigenvalue weighted by Gasteiger charge is -2.22. The van der Waals surface area contributed by atoms with Gasteiger partial charge in [-0.1, -0.05) is 11.6 Å². The number of ether oxygens (including phenoxy) is 2. The van der Waals surface area contributed by atoms with Crippen LogP contribution in [0.1, 0.15) is 18.4 Å². The van der Waals surface area contributed by atoms with Gasteiger partial charge in [0.05, 0.1) is 5.60 Å². The van der Waals surface area contributed by atoms with Crippen molar-refractivity contribution < 1.29 is 19.7 Å². The van der Waals surface area contributed by atoms with Crippen LogP contribution in [0, 0.1) is 0 Å². The molecule has 16 heavy (non-hydrogen) atoms. The van der Waals surface area contributed by atoms with Crippen molar-refractivity contribution in [2.75, 3.05) is 13.2 Å². The molecule has 5 heteroatoms. The highest BCUT2D eigenvalue weighted by Crippen LogP contribution is 2.54. The highest BCUT2D eigenvalue weighted by Gasteiger charge is 2.45. The zero-order valence-corrected chi connectivity index (χ0v) is 9.25. The van der Waals surface area contributed by atoms with Gasteiger partial charge in [0.1, 0.15) is 24.0 Å². The van der Waals surface area contributed by atoms with Crippen molar-refractivity contribution in [1.82, 2.24) is 0 Å². The maximum atomic E-state index is 9.99. The Hall–Kier alpha value is -1.13. The Morgan fingerprint density at radius 2 is 1.94 bits per heavy atom. The molecule has 2 aliphatic rings. The van der Waals surface area contributed by atoms with Gasteiger partial charge in [-0.05, 0) is 18.9 Å². The number of phenolic OH excluding ortho intramolecular Hbond substituents is 1. The topological polar surface area (TPSA) is 58.9 Å². The molecule has 0 aromatic heterocycles. The number of aromatic hydroxyl groups is 1. The summed E-state index contributed by atoms with van der Waals surface area (Å²) in [6, 6.07) is 1.61. The molecule has 0 unspecified atom stereocenters. The minimum absolute atomic E-state index is 0.106. The van der Waals surface area contributed by atoms with Gasteiger partial charge < -0.3 is 19.7 Å². The molecule has 0 spiro atoms. The molecule has 0 bridgehead atoms. The Labute approximate surface area is 97.4 Å². The first-order chi connectivity index (χ1) is 7.62.